The maximum atomic E-state index is 12.9. The Morgan fingerprint density at radius 1 is 0.912 bits per heavy atom. The van der Waals surface area contributed by atoms with Gasteiger partial charge in [-0.25, -0.2) is 13.2 Å². The minimum Gasteiger partial charge on any atom is -0.492 e. The summed E-state index contributed by atoms with van der Waals surface area (Å²) >= 11 is 3.27. The van der Waals surface area contributed by atoms with Gasteiger partial charge in [0, 0.05) is 15.7 Å². The van der Waals surface area contributed by atoms with Crippen LogP contribution < -0.4 is 9.46 Å². The molecule has 0 aromatic heterocycles. The van der Waals surface area contributed by atoms with Crippen molar-refractivity contribution in [2.75, 3.05) is 17.9 Å². The van der Waals surface area contributed by atoms with Gasteiger partial charge in [0.1, 0.15) is 10.6 Å². The molecular weight excluding hydrogens is 522 g/mol. The zero-order valence-corrected chi connectivity index (χ0v) is 21.3. The number of hydrogen-bond donors (Lipinski definition) is 1. The van der Waals surface area contributed by atoms with Gasteiger partial charge in [0.15, 0.2) is 12.4 Å². The van der Waals surface area contributed by atoms with E-state index in [-0.39, 0.29) is 27.7 Å². The molecule has 34 heavy (non-hydrogen) atoms. The molecule has 7 nitrogen and oxygen atoms in total. The summed E-state index contributed by atoms with van der Waals surface area (Å²) in [6.07, 6.45) is 0. The molecule has 0 amide bonds. The van der Waals surface area contributed by atoms with Gasteiger partial charge in [-0.05, 0) is 80.4 Å². The second-order valence-corrected chi connectivity index (χ2v) is 10.1. The monoisotopic (exact) mass is 545 g/mol. The average molecular weight is 546 g/mol. The molecule has 0 unspecified atom stereocenters. The molecule has 0 aliphatic carbocycles. The summed E-state index contributed by atoms with van der Waals surface area (Å²) in [5, 5.41) is 0. The van der Waals surface area contributed by atoms with Crippen LogP contribution in [0.15, 0.2) is 70.0 Å². The number of carbonyl (C=O) groups is 2. The standard InChI is InChI=1S/C25H24BrNO6S/c1-4-32-23-12-9-20(26)14-24(23)34(30,31)27-21-10-7-18(8-11-21)25(29)33-15-22(28)19-6-5-16(2)17(3)13-19/h5-14,27H,4,15H2,1-3H3. The van der Waals surface area contributed by atoms with Crippen molar-refractivity contribution in [1.82, 2.24) is 0 Å². The van der Waals surface area contributed by atoms with Crippen molar-refractivity contribution in [3.05, 3.63) is 87.4 Å². The summed E-state index contributed by atoms with van der Waals surface area (Å²) < 4.78 is 39.4. The molecule has 178 valence electrons. The fourth-order valence-corrected chi connectivity index (χ4v) is 4.81. The number of aryl methyl sites for hydroxylation is 2. The van der Waals surface area contributed by atoms with E-state index in [1.54, 1.807) is 31.2 Å². The highest BCUT2D eigenvalue weighted by molar-refractivity contribution is 9.10. The number of anilines is 1. The van der Waals surface area contributed by atoms with Crippen molar-refractivity contribution >= 4 is 43.4 Å². The first kappa shape index (κ1) is 25.5. The van der Waals surface area contributed by atoms with E-state index >= 15 is 0 Å². The smallest absolute Gasteiger partial charge is 0.338 e. The quantitative estimate of drug-likeness (QED) is 0.289. The largest absolute Gasteiger partial charge is 0.492 e. The summed E-state index contributed by atoms with van der Waals surface area (Å²) in [5.41, 5.74) is 2.96. The number of Topliss-reactive ketones (excluding diaryl/α,β-unsaturated/α-hetero) is 1. The molecule has 0 saturated heterocycles. The molecule has 3 aromatic carbocycles. The molecule has 3 aromatic rings. The highest BCUT2D eigenvalue weighted by Crippen LogP contribution is 2.29. The predicted molar refractivity (Wildman–Crippen MR) is 133 cm³/mol. The number of rotatable bonds is 9. The minimum atomic E-state index is -3.95. The summed E-state index contributed by atoms with van der Waals surface area (Å²) in [7, 11) is -3.95. The summed E-state index contributed by atoms with van der Waals surface area (Å²) in [6, 6.07) is 15.7. The fourth-order valence-electron chi connectivity index (χ4n) is 3.06. The van der Waals surface area contributed by atoms with Crippen LogP contribution in [0.5, 0.6) is 5.75 Å². The van der Waals surface area contributed by atoms with Crippen LogP contribution in [-0.4, -0.2) is 33.4 Å². The summed E-state index contributed by atoms with van der Waals surface area (Å²) in [5.74, 6) is -0.760. The van der Waals surface area contributed by atoms with Crippen molar-refractivity contribution in [2.24, 2.45) is 0 Å². The summed E-state index contributed by atoms with van der Waals surface area (Å²) in [6.45, 7) is 5.54. The number of hydrogen-bond acceptors (Lipinski definition) is 6. The number of benzene rings is 3. The topological polar surface area (TPSA) is 98.8 Å². The highest BCUT2D eigenvalue weighted by Gasteiger charge is 2.21. The minimum absolute atomic E-state index is 0.0166. The Balaban J connectivity index is 1.66. The molecule has 0 radical (unpaired) electrons. The first-order chi connectivity index (χ1) is 16.1. The van der Waals surface area contributed by atoms with E-state index < -0.39 is 22.6 Å². The van der Waals surface area contributed by atoms with Crippen molar-refractivity contribution in [3.8, 4) is 5.75 Å². The Hall–Kier alpha value is -3.17. The van der Waals surface area contributed by atoms with Crippen molar-refractivity contribution in [1.29, 1.82) is 0 Å². The van der Waals surface area contributed by atoms with Gasteiger partial charge in [-0.2, -0.15) is 0 Å². The third kappa shape index (κ3) is 6.24. The lowest BCUT2D eigenvalue weighted by Gasteiger charge is -2.13. The number of esters is 1. The maximum Gasteiger partial charge on any atom is 0.338 e. The Bertz CT molecular complexity index is 1320. The fraction of sp³-hybridized carbons (Fsp3) is 0.200. The van der Waals surface area contributed by atoms with Gasteiger partial charge in [0.25, 0.3) is 10.0 Å². The zero-order valence-electron chi connectivity index (χ0n) is 18.9. The molecule has 0 bridgehead atoms. The van der Waals surface area contributed by atoms with Crippen LogP contribution in [0.4, 0.5) is 5.69 Å². The molecule has 0 aliphatic rings. The number of nitrogens with one attached hydrogen (secondary N) is 1. The van der Waals surface area contributed by atoms with E-state index in [2.05, 4.69) is 20.7 Å². The van der Waals surface area contributed by atoms with Gasteiger partial charge in [-0.3, -0.25) is 9.52 Å². The number of ether oxygens (including phenoxy) is 2. The Morgan fingerprint density at radius 3 is 2.24 bits per heavy atom. The zero-order chi connectivity index (χ0) is 24.9. The lowest BCUT2D eigenvalue weighted by Crippen LogP contribution is -2.16. The number of ketones is 1. The first-order valence-electron chi connectivity index (χ1n) is 10.4. The number of sulfonamides is 1. The molecule has 0 fully saturated rings. The lowest BCUT2D eigenvalue weighted by atomic mass is 10.0. The van der Waals surface area contributed by atoms with Crippen LogP contribution in [0.1, 0.15) is 38.8 Å². The molecule has 0 heterocycles. The van der Waals surface area contributed by atoms with Crippen LogP contribution in [0.25, 0.3) is 0 Å². The van der Waals surface area contributed by atoms with Crippen molar-refractivity contribution < 1.29 is 27.5 Å². The Labute approximate surface area is 207 Å². The van der Waals surface area contributed by atoms with E-state index in [4.69, 9.17) is 9.47 Å². The van der Waals surface area contributed by atoms with Gasteiger partial charge < -0.3 is 9.47 Å². The molecule has 3 rings (SSSR count). The van der Waals surface area contributed by atoms with E-state index in [1.165, 1.54) is 30.3 Å². The van der Waals surface area contributed by atoms with Gasteiger partial charge in [0.05, 0.1) is 12.2 Å². The predicted octanol–water partition coefficient (Wildman–Crippen LogP) is 5.31. The molecular formula is C25H24BrNO6S. The van der Waals surface area contributed by atoms with Crippen molar-refractivity contribution in [3.63, 3.8) is 0 Å². The van der Waals surface area contributed by atoms with Crippen LogP contribution in [0, 0.1) is 13.8 Å². The molecule has 0 atom stereocenters. The highest BCUT2D eigenvalue weighted by atomic mass is 79.9. The van der Waals surface area contributed by atoms with Crippen molar-refractivity contribution in [2.45, 2.75) is 25.7 Å². The van der Waals surface area contributed by atoms with E-state index in [0.717, 1.165) is 11.1 Å². The first-order valence-corrected chi connectivity index (χ1v) is 12.7. The molecule has 9 heteroatoms. The second kappa shape index (κ2) is 10.8. The van der Waals surface area contributed by atoms with Gasteiger partial charge in [-0.1, -0.05) is 28.1 Å². The molecule has 0 aliphatic heterocycles. The van der Waals surface area contributed by atoms with Crippen LogP contribution in [0.2, 0.25) is 0 Å². The van der Waals surface area contributed by atoms with Crippen LogP contribution in [0.3, 0.4) is 0 Å². The lowest BCUT2D eigenvalue weighted by molar-refractivity contribution is 0.0475. The summed E-state index contributed by atoms with van der Waals surface area (Å²) in [4.78, 5) is 24.6. The van der Waals surface area contributed by atoms with Crippen LogP contribution in [-0.2, 0) is 14.8 Å². The Morgan fingerprint density at radius 2 is 1.59 bits per heavy atom. The Kier molecular flexibility index (Phi) is 8.11. The molecule has 0 saturated carbocycles. The van der Waals surface area contributed by atoms with Gasteiger partial charge >= 0.3 is 5.97 Å². The van der Waals surface area contributed by atoms with Gasteiger partial charge in [0.2, 0.25) is 0 Å². The van der Waals surface area contributed by atoms with E-state index in [0.29, 0.717) is 16.6 Å². The normalized spacial score (nSPS) is 11.1. The molecule has 0 spiro atoms. The molecule has 1 N–H and O–H groups in total. The third-order valence-corrected chi connectivity index (χ3v) is 6.93. The van der Waals surface area contributed by atoms with E-state index in [9.17, 15) is 18.0 Å². The number of carbonyl (C=O) groups excluding carboxylic acids is 2. The van der Waals surface area contributed by atoms with E-state index in [1.807, 2.05) is 19.9 Å². The van der Waals surface area contributed by atoms with Crippen LogP contribution >= 0.6 is 15.9 Å². The maximum absolute atomic E-state index is 12.9. The second-order valence-electron chi connectivity index (χ2n) is 7.51. The number of halogens is 1. The average Bonchev–Trinajstić information content (AvgIpc) is 2.80. The SMILES string of the molecule is CCOc1ccc(Br)cc1S(=O)(=O)Nc1ccc(C(=O)OCC(=O)c2ccc(C)c(C)c2)cc1. The third-order valence-electron chi connectivity index (χ3n) is 5.03. The van der Waals surface area contributed by atoms with Gasteiger partial charge in [-0.15, -0.1) is 0 Å².